The summed E-state index contributed by atoms with van der Waals surface area (Å²) in [6, 6.07) is 6.87. The lowest BCUT2D eigenvalue weighted by molar-refractivity contribution is 0.0349. The Labute approximate surface area is 133 Å². The van der Waals surface area contributed by atoms with Crippen LogP contribution in [-0.2, 0) is 4.74 Å². The summed E-state index contributed by atoms with van der Waals surface area (Å²) in [6.07, 6.45) is 1.72. The standard InChI is InChI=1S/C17H19NO5/c1-21-12-6-8-18(9-7-12)16(19)13-10-11-4-3-5-14(22-2)15(11)23-17(13)20/h3-5,10,12H,6-9H2,1-2H3. The van der Waals surface area contributed by atoms with Crippen LogP contribution in [0.2, 0.25) is 0 Å². The summed E-state index contributed by atoms with van der Waals surface area (Å²) in [5, 5.41) is 0.666. The van der Waals surface area contributed by atoms with E-state index in [2.05, 4.69) is 0 Å². The monoisotopic (exact) mass is 317 g/mol. The van der Waals surface area contributed by atoms with Gasteiger partial charge in [-0.25, -0.2) is 4.79 Å². The number of benzene rings is 1. The number of carbonyl (C=O) groups is 1. The Balaban J connectivity index is 1.92. The smallest absolute Gasteiger partial charge is 0.349 e. The number of ether oxygens (including phenoxy) is 2. The van der Waals surface area contributed by atoms with E-state index in [4.69, 9.17) is 13.9 Å². The molecule has 0 spiro atoms. The van der Waals surface area contributed by atoms with Gasteiger partial charge in [0.2, 0.25) is 0 Å². The van der Waals surface area contributed by atoms with Crippen molar-refractivity contribution in [2.24, 2.45) is 0 Å². The molecular weight excluding hydrogens is 298 g/mol. The molecule has 1 amide bonds. The number of hydrogen-bond donors (Lipinski definition) is 0. The number of nitrogens with zero attached hydrogens (tertiary/aromatic N) is 1. The van der Waals surface area contributed by atoms with Gasteiger partial charge < -0.3 is 18.8 Å². The van der Waals surface area contributed by atoms with Crippen molar-refractivity contribution in [2.75, 3.05) is 27.3 Å². The van der Waals surface area contributed by atoms with Crippen LogP contribution in [0, 0.1) is 0 Å². The van der Waals surface area contributed by atoms with Gasteiger partial charge in [0.15, 0.2) is 11.3 Å². The van der Waals surface area contributed by atoms with Crippen LogP contribution in [0.1, 0.15) is 23.2 Å². The number of rotatable bonds is 3. The summed E-state index contributed by atoms with van der Waals surface area (Å²) >= 11 is 0. The summed E-state index contributed by atoms with van der Waals surface area (Å²) in [4.78, 5) is 26.5. The molecule has 6 heteroatoms. The fourth-order valence-electron chi connectivity index (χ4n) is 2.89. The Bertz CT molecular complexity index is 774. The van der Waals surface area contributed by atoms with E-state index >= 15 is 0 Å². The summed E-state index contributed by atoms with van der Waals surface area (Å²) in [7, 11) is 3.18. The van der Waals surface area contributed by atoms with Crippen molar-refractivity contribution < 1.29 is 18.7 Å². The van der Waals surface area contributed by atoms with Crippen molar-refractivity contribution in [2.45, 2.75) is 18.9 Å². The first-order valence-electron chi connectivity index (χ1n) is 7.57. The van der Waals surface area contributed by atoms with Crippen LogP contribution in [0.15, 0.2) is 33.5 Å². The maximum absolute atomic E-state index is 12.6. The molecule has 0 saturated carbocycles. The lowest BCUT2D eigenvalue weighted by atomic mass is 10.1. The Morgan fingerprint density at radius 1 is 1.26 bits per heavy atom. The molecule has 23 heavy (non-hydrogen) atoms. The average Bonchev–Trinajstić information content (AvgIpc) is 2.60. The molecule has 1 aliphatic heterocycles. The molecule has 0 N–H and O–H groups in total. The van der Waals surface area contributed by atoms with Crippen molar-refractivity contribution in [3.8, 4) is 5.75 Å². The summed E-state index contributed by atoms with van der Waals surface area (Å²) in [6.45, 7) is 1.15. The van der Waals surface area contributed by atoms with Gasteiger partial charge in [-0.2, -0.15) is 0 Å². The van der Waals surface area contributed by atoms with E-state index < -0.39 is 5.63 Å². The lowest BCUT2D eigenvalue weighted by Gasteiger charge is -2.31. The van der Waals surface area contributed by atoms with Gasteiger partial charge in [-0.05, 0) is 25.0 Å². The SMILES string of the molecule is COc1cccc2cc(C(=O)N3CCC(OC)CC3)c(=O)oc12. The molecule has 0 bridgehead atoms. The second kappa shape index (κ2) is 6.42. The molecule has 2 aromatic rings. The normalized spacial score (nSPS) is 15.8. The van der Waals surface area contributed by atoms with Gasteiger partial charge in [0.1, 0.15) is 5.56 Å². The van der Waals surface area contributed by atoms with Crippen LogP contribution < -0.4 is 10.4 Å². The predicted octanol–water partition coefficient (Wildman–Crippen LogP) is 2.05. The van der Waals surface area contributed by atoms with Crippen LogP contribution in [0.4, 0.5) is 0 Å². The number of likely N-dealkylation sites (tertiary alicyclic amines) is 1. The molecule has 6 nitrogen and oxygen atoms in total. The number of para-hydroxylation sites is 1. The first kappa shape index (κ1) is 15.6. The second-order valence-electron chi connectivity index (χ2n) is 5.55. The van der Waals surface area contributed by atoms with Crippen molar-refractivity contribution in [3.05, 3.63) is 40.2 Å². The quantitative estimate of drug-likeness (QED) is 0.811. The molecule has 1 aromatic heterocycles. The Kier molecular flexibility index (Phi) is 4.34. The topological polar surface area (TPSA) is 69.0 Å². The summed E-state index contributed by atoms with van der Waals surface area (Å²) in [5.74, 6) is 0.178. The van der Waals surface area contributed by atoms with E-state index in [0.717, 1.165) is 12.8 Å². The molecule has 1 aliphatic rings. The van der Waals surface area contributed by atoms with Crippen LogP contribution >= 0.6 is 0 Å². The van der Waals surface area contributed by atoms with E-state index in [1.165, 1.54) is 7.11 Å². The van der Waals surface area contributed by atoms with Gasteiger partial charge in [0.25, 0.3) is 5.91 Å². The number of carbonyl (C=O) groups excluding carboxylic acids is 1. The molecule has 0 radical (unpaired) electrons. The van der Waals surface area contributed by atoms with Crippen LogP contribution in [0.3, 0.4) is 0 Å². The number of piperidine rings is 1. The summed E-state index contributed by atoms with van der Waals surface area (Å²) in [5.41, 5.74) is -0.225. The predicted molar refractivity (Wildman–Crippen MR) is 85.0 cm³/mol. The zero-order valence-electron chi connectivity index (χ0n) is 13.2. The number of amides is 1. The van der Waals surface area contributed by atoms with Gasteiger partial charge in [-0.1, -0.05) is 12.1 Å². The zero-order valence-corrected chi connectivity index (χ0v) is 13.2. The van der Waals surface area contributed by atoms with Crippen LogP contribution in [0.25, 0.3) is 11.0 Å². The van der Waals surface area contributed by atoms with Crippen molar-refractivity contribution in [1.29, 1.82) is 0 Å². The molecular formula is C17H19NO5. The molecule has 2 heterocycles. The molecule has 1 aromatic carbocycles. The number of methoxy groups -OCH3 is 2. The van der Waals surface area contributed by atoms with Gasteiger partial charge in [0.05, 0.1) is 13.2 Å². The first-order valence-corrected chi connectivity index (χ1v) is 7.57. The van der Waals surface area contributed by atoms with Gasteiger partial charge in [0, 0.05) is 25.6 Å². The Morgan fingerprint density at radius 3 is 2.65 bits per heavy atom. The molecule has 1 saturated heterocycles. The Morgan fingerprint density at radius 2 is 2.00 bits per heavy atom. The summed E-state index contributed by atoms with van der Waals surface area (Å²) < 4.78 is 15.8. The minimum atomic E-state index is -0.638. The molecule has 0 atom stereocenters. The van der Waals surface area contributed by atoms with Gasteiger partial charge >= 0.3 is 5.63 Å². The minimum Gasteiger partial charge on any atom is -0.493 e. The molecule has 0 unspecified atom stereocenters. The van der Waals surface area contributed by atoms with E-state index in [1.807, 2.05) is 0 Å². The number of hydrogen-bond acceptors (Lipinski definition) is 5. The largest absolute Gasteiger partial charge is 0.493 e. The molecule has 122 valence electrons. The highest BCUT2D eigenvalue weighted by molar-refractivity contribution is 5.97. The number of fused-ring (bicyclic) bond motifs is 1. The zero-order chi connectivity index (χ0) is 16.4. The van der Waals surface area contributed by atoms with Crippen molar-refractivity contribution in [3.63, 3.8) is 0 Å². The van der Waals surface area contributed by atoms with Gasteiger partial charge in [-0.3, -0.25) is 4.79 Å². The lowest BCUT2D eigenvalue weighted by Crippen LogP contribution is -2.42. The average molecular weight is 317 g/mol. The molecule has 3 rings (SSSR count). The van der Waals surface area contributed by atoms with Gasteiger partial charge in [-0.15, -0.1) is 0 Å². The third-order valence-electron chi connectivity index (χ3n) is 4.24. The Hall–Kier alpha value is -2.34. The molecule has 0 aliphatic carbocycles. The first-order chi connectivity index (χ1) is 11.1. The highest BCUT2D eigenvalue weighted by atomic mass is 16.5. The fourth-order valence-corrected chi connectivity index (χ4v) is 2.89. The van der Waals surface area contributed by atoms with E-state index in [1.54, 1.807) is 36.3 Å². The third-order valence-corrected chi connectivity index (χ3v) is 4.24. The van der Waals surface area contributed by atoms with Crippen molar-refractivity contribution in [1.82, 2.24) is 4.90 Å². The highest BCUT2D eigenvalue weighted by Gasteiger charge is 2.26. The minimum absolute atomic E-state index is 0.0571. The van der Waals surface area contributed by atoms with Crippen molar-refractivity contribution >= 4 is 16.9 Å². The van der Waals surface area contributed by atoms with E-state index in [9.17, 15) is 9.59 Å². The maximum Gasteiger partial charge on any atom is 0.349 e. The molecule has 1 fully saturated rings. The second-order valence-corrected chi connectivity index (χ2v) is 5.55. The van der Waals surface area contributed by atoms with E-state index in [0.29, 0.717) is 29.8 Å². The fraction of sp³-hybridized carbons (Fsp3) is 0.412. The van der Waals surface area contributed by atoms with Crippen LogP contribution in [-0.4, -0.2) is 44.2 Å². The highest BCUT2D eigenvalue weighted by Crippen LogP contribution is 2.25. The van der Waals surface area contributed by atoms with E-state index in [-0.39, 0.29) is 17.6 Å². The third kappa shape index (κ3) is 2.94. The maximum atomic E-state index is 12.6. The van der Waals surface area contributed by atoms with Crippen LogP contribution in [0.5, 0.6) is 5.75 Å².